The van der Waals surface area contributed by atoms with Crippen LogP contribution in [-0.2, 0) is 9.53 Å². The standard InChI is InChI=1S/C15H20O2Se/c1-4-12-15(5-2,14(16)17-6-3)18-13-10-8-7-9-11-13/h4,7-11H,1,5-6,12H2,2-3H3. The zero-order valence-electron chi connectivity index (χ0n) is 11.0. The van der Waals surface area contributed by atoms with E-state index in [1.165, 1.54) is 4.46 Å². The Bertz CT molecular complexity index is 389. The molecule has 0 radical (unpaired) electrons. The summed E-state index contributed by atoms with van der Waals surface area (Å²) in [5.74, 6) is -0.0868. The molecule has 0 heterocycles. The minimum atomic E-state index is -0.411. The van der Waals surface area contributed by atoms with Gasteiger partial charge in [0.2, 0.25) is 0 Å². The molecular formula is C15H20O2Se. The Kier molecular flexibility index (Phi) is 6.17. The third kappa shape index (κ3) is 3.72. The van der Waals surface area contributed by atoms with Crippen molar-refractivity contribution in [3.8, 4) is 0 Å². The third-order valence-electron chi connectivity index (χ3n) is 2.75. The van der Waals surface area contributed by atoms with E-state index in [-0.39, 0.29) is 20.9 Å². The fourth-order valence-corrected chi connectivity index (χ4v) is 4.32. The van der Waals surface area contributed by atoms with Gasteiger partial charge in [0, 0.05) is 0 Å². The van der Waals surface area contributed by atoms with Crippen molar-refractivity contribution in [1.82, 2.24) is 0 Å². The molecule has 0 N–H and O–H groups in total. The van der Waals surface area contributed by atoms with Gasteiger partial charge in [0.15, 0.2) is 0 Å². The molecule has 98 valence electrons. The van der Waals surface area contributed by atoms with Crippen LogP contribution in [0.15, 0.2) is 43.0 Å². The van der Waals surface area contributed by atoms with Crippen molar-refractivity contribution >= 4 is 25.4 Å². The van der Waals surface area contributed by atoms with E-state index in [0.29, 0.717) is 13.0 Å². The summed E-state index contributed by atoms with van der Waals surface area (Å²) in [4.78, 5) is 12.2. The zero-order chi connectivity index (χ0) is 13.4. The Morgan fingerprint density at radius 3 is 2.56 bits per heavy atom. The van der Waals surface area contributed by atoms with E-state index in [0.717, 1.165) is 6.42 Å². The molecule has 0 saturated carbocycles. The Morgan fingerprint density at radius 2 is 2.06 bits per heavy atom. The molecule has 2 nitrogen and oxygen atoms in total. The topological polar surface area (TPSA) is 26.3 Å². The summed E-state index contributed by atoms with van der Waals surface area (Å²) in [6.07, 6.45) is 3.29. The third-order valence-corrected chi connectivity index (χ3v) is 5.94. The first-order valence-corrected chi connectivity index (χ1v) is 7.92. The number of esters is 1. The van der Waals surface area contributed by atoms with Crippen LogP contribution in [-0.4, -0.2) is 27.5 Å². The van der Waals surface area contributed by atoms with Crippen LogP contribution in [0.3, 0.4) is 0 Å². The van der Waals surface area contributed by atoms with Crippen LogP contribution in [0.2, 0.25) is 4.31 Å². The van der Waals surface area contributed by atoms with Crippen LogP contribution in [0.5, 0.6) is 0 Å². The average Bonchev–Trinajstić information content (AvgIpc) is 2.39. The van der Waals surface area contributed by atoms with Gasteiger partial charge in [-0.1, -0.05) is 0 Å². The monoisotopic (exact) mass is 312 g/mol. The van der Waals surface area contributed by atoms with Crippen molar-refractivity contribution in [2.24, 2.45) is 0 Å². The number of allylic oxidation sites excluding steroid dienone is 1. The molecule has 1 atom stereocenters. The predicted octanol–water partition coefficient (Wildman–Crippen LogP) is 2.72. The van der Waals surface area contributed by atoms with E-state index in [1.54, 1.807) is 0 Å². The molecule has 0 aliphatic heterocycles. The van der Waals surface area contributed by atoms with Gasteiger partial charge < -0.3 is 0 Å². The maximum absolute atomic E-state index is 12.2. The summed E-state index contributed by atoms with van der Waals surface area (Å²) in [5.41, 5.74) is 0. The van der Waals surface area contributed by atoms with Crippen molar-refractivity contribution in [3.63, 3.8) is 0 Å². The SMILES string of the molecule is C=CCC(CC)([Se]c1ccccc1)C(=O)OCC. The molecule has 0 fully saturated rings. The van der Waals surface area contributed by atoms with Crippen molar-refractivity contribution in [3.05, 3.63) is 43.0 Å². The molecule has 18 heavy (non-hydrogen) atoms. The maximum atomic E-state index is 12.2. The van der Waals surface area contributed by atoms with E-state index in [1.807, 2.05) is 38.1 Å². The van der Waals surface area contributed by atoms with E-state index in [4.69, 9.17) is 4.74 Å². The molecule has 0 saturated heterocycles. The molecule has 0 spiro atoms. The van der Waals surface area contributed by atoms with Gasteiger partial charge in [-0.2, -0.15) is 0 Å². The van der Waals surface area contributed by atoms with E-state index < -0.39 is 4.31 Å². The number of ether oxygens (including phenoxy) is 1. The van der Waals surface area contributed by atoms with Gasteiger partial charge >= 0.3 is 116 Å². The van der Waals surface area contributed by atoms with Crippen LogP contribution in [0, 0.1) is 0 Å². The predicted molar refractivity (Wildman–Crippen MR) is 76.3 cm³/mol. The zero-order valence-corrected chi connectivity index (χ0v) is 12.7. The number of rotatable bonds is 7. The summed E-state index contributed by atoms with van der Waals surface area (Å²) in [6, 6.07) is 10.2. The fourth-order valence-electron chi connectivity index (χ4n) is 1.74. The number of carbonyl (C=O) groups excluding carboxylic acids is 1. The first-order valence-electron chi connectivity index (χ1n) is 6.20. The van der Waals surface area contributed by atoms with Gasteiger partial charge in [-0.05, 0) is 0 Å². The van der Waals surface area contributed by atoms with E-state index >= 15 is 0 Å². The van der Waals surface area contributed by atoms with Crippen LogP contribution in [0.25, 0.3) is 0 Å². The second kappa shape index (κ2) is 7.40. The normalized spacial score (nSPS) is 13.7. The molecule has 1 unspecified atom stereocenters. The summed E-state index contributed by atoms with van der Waals surface area (Å²) in [6.45, 7) is 8.11. The molecule has 0 aliphatic rings. The second-order valence-corrected chi connectivity index (χ2v) is 7.03. The molecular weight excluding hydrogens is 291 g/mol. The van der Waals surface area contributed by atoms with Crippen molar-refractivity contribution in [2.45, 2.75) is 31.0 Å². The van der Waals surface area contributed by atoms with Crippen LogP contribution in [0.1, 0.15) is 26.7 Å². The summed E-state index contributed by atoms with van der Waals surface area (Å²) in [7, 11) is 0. The molecule has 0 aromatic heterocycles. The summed E-state index contributed by atoms with van der Waals surface area (Å²) >= 11 is 0.0590. The summed E-state index contributed by atoms with van der Waals surface area (Å²) < 4.78 is 6.07. The van der Waals surface area contributed by atoms with Gasteiger partial charge in [-0.3, -0.25) is 0 Å². The first kappa shape index (κ1) is 15.0. The Morgan fingerprint density at radius 1 is 1.39 bits per heavy atom. The van der Waals surface area contributed by atoms with E-state index in [2.05, 4.69) is 18.7 Å². The van der Waals surface area contributed by atoms with Gasteiger partial charge in [0.1, 0.15) is 0 Å². The molecule has 0 aliphatic carbocycles. The second-order valence-electron chi connectivity index (χ2n) is 3.98. The van der Waals surface area contributed by atoms with Crippen molar-refractivity contribution in [2.75, 3.05) is 6.61 Å². The molecule has 1 rings (SSSR count). The fraction of sp³-hybridized carbons (Fsp3) is 0.400. The van der Waals surface area contributed by atoms with E-state index in [9.17, 15) is 4.79 Å². The Hall–Kier alpha value is -1.05. The molecule has 0 bridgehead atoms. The Balaban J connectivity index is 2.96. The van der Waals surface area contributed by atoms with Gasteiger partial charge in [0.05, 0.1) is 0 Å². The van der Waals surface area contributed by atoms with Crippen LogP contribution >= 0.6 is 0 Å². The minimum absolute atomic E-state index is 0.0590. The quantitative estimate of drug-likeness (QED) is 0.440. The van der Waals surface area contributed by atoms with Gasteiger partial charge in [0.25, 0.3) is 0 Å². The average molecular weight is 311 g/mol. The summed E-state index contributed by atoms with van der Waals surface area (Å²) in [5, 5.41) is 0. The van der Waals surface area contributed by atoms with Crippen molar-refractivity contribution in [1.29, 1.82) is 0 Å². The number of hydrogen-bond donors (Lipinski definition) is 0. The molecule has 1 aromatic carbocycles. The molecule has 3 heteroatoms. The van der Waals surface area contributed by atoms with Crippen molar-refractivity contribution < 1.29 is 9.53 Å². The van der Waals surface area contributed by atoms with Gasteiger partial charge in [-0.25, -0.2) is 0 Å². The number of carbonyl (C=O) groups is 1. The first-order chi connectivity index (χ1) is 8.68. The Labute approximate surface area is 116 Å². The van der Waals surface area contributed by atoms with Gasteiger partial charge in [-0.15, -0.1) is 0 Å². The molecule has 1 aromatic rings. The van der Waals surface area contributed by atoms with Crippen LogP contribution < -0.4 is 4.46 Å². The molecule has 0 amide bonds. The number of benzene rings is 1. The number of hydrogen-bond acceptors (Lipinski definition) is 2. The van der Waals surface area contributed by atoms with Crippen LogP contribution in [0.4, 0.5) is 0 Å².